The van der Waals surface area contributed by atoms with Gasteiger partial charge in [-0.1, -0.05) is 57.2 Å². The third-order valence-electron chi connectivity index (χ3n) is 4.98. The third kappa shape index (κ3) is 5.82. The maximum Gasteiger partial charge on any atom is 0.244 e. The first-order valence-electron chi connectivity index (χ1n) is 9.77. The van der Waals surface area contributed by atoms with Crippen molar-refractivity contribution in [1.29, 1.82) is 0 Å². The molecular weight excluding hydrogens is 384 g/mol. The van der Waals surface area contributed by atoms with Crippen molar-refractivity contribution in [3.63, 3.8) is 0 Å². The van der Waals surface area contributed by atoms with Gasteiger partial charge in [-0.05, 0) is 55.0 Å². The van der Waals surface area contributed by atoms with E-state index in [0.717, 1.165) is 17.4 Å². The number of benzene rings is 2. The highest BCUT2D eigenvalue weighted by Gasteiger charge is 2.30. The molecule has 0 saturated carbocycles. The van der Waals surface area contributed by atoms with Crippen molar-refractivity contribution in [2.75, 3.05) is 10.6 Å². The van der Waals surface area contributed by atoms with E-state index < -0.39 is 16.1 Å². The zero-order valence-corrected chi connectivity index (χ0v) is 19.2. The molecule has 1 N–H and O–H groups in total. The number of hydrogen-bond acceptors (Lipinski definition) is 3. The van der Waals surface area contributed by atoms with Crippen LogP contribution in [0.1, 0.15) is 57.4 Å². The molecule has 0 aromatic heterocycles. The van der Waals surface area contributed by atoms with E-state index in [1.54, 1.807) is 25.1 Å². The van der Waals surface area contributed by atoms with Gasteiger partial charge < -0.3 is 5.32 Å². The van der Waals surface area contributed by atoms with Gasteiger partial charge in [-0.2, -0.15) is 0 Å². The maximum absolute atomic E-state index is 12.9. The average molecular weight is 417 g/mol. The van der Waals surface area contributed by atoms with Crippen LogP contribution < -0.4 is 9.62 Å². The van der Waals surface area contributed by atoms with Crippen LogP contribution in [-0.2, 0) is 20.2 Å². The Labute approximate surface area is 175 Å². The van der Waals surface area contributed by atoms with E-state index in [9.17, 15) is 13.2 Å². The zero-order chi connectivity index (χ0) is 22.0. The number of carbonyl (C=O) groups is 1. The monoisotopic (exact) mass is 416 g/mol. The summed E-state index contributed by atoms with van der Waals surface area (Å²) in [6, 6.07) is 14.2. The molecule has 2 aromatic carbocycles. The quantitative estimate of drug-likeness (QED) is 0.762. The summed E-state index contributed by atoms with van der Waals surface area (Å²) in [5.74, 6) is -0.343. The number of anilines is 1. The highest BCUT2D eigenvalue weighted by Crippen LogP contribution is 2.25. The molecule has 0 radical (unpaired) electrons. The highest BCUT2D eigenvalue weighted by molar-refractivity contribution is 7.92. The van der Waals surface area contributed by atoms with E-state index in [1.165, 1.54) is 9.87 Å². The number of nitrogens with one attached hydrogen (secondary N) is 1. The Hall–Kier alpha value is -2.34. The SMILES string of the molecule is Cc1cccc(N([C@H](C)C(=O)N[C@@H](C)c2ccc(C(C)(C)C)cc2)S(C)(=O)=O)c1. The van der Waals surface area contributed by atoms with Gasteiger partial charge in [0.25, 0.3) is 0 Å². The van der Waals surface area contributed by atoms with Crippen molar-refractivity contribution >= 4 is 21.6 Å². The van der Waals surface area contributed by atoms with E-state index in [4.69, 9.17) is 0 Å². The van der Waals surface area contributed by atoms with Crippen LogP contribution in [0.25, 0.3) is 0 Å². The molecule has 158 valence electrons. The lowest BCUT2D eigenvalue weighted by atomic mass is 9.86. The molecule has 0 fully saturated rings. The molecule has 0 bridgehead atoms. The van der Waals surface area contributed by atoms with Crippen molar-refractivity contribution in [3.8, 4) is 0 Å². The molecule has 2 atom stereocenters. The molecule has 0 saturated heterocycles. The first kappa shape index (κ1) is 22.9. The fourth-order valence-corrected chi connectivity index (χ4v) is 4.43. The summed E-state index contributed by atoms with van der Waals surface area (Å²) in [4.78, 5) is 12.9. The Morgan fingerprint density at radius 2 is 1.62 bits per heavy atom. The second kappa shape index (κ2) is 8.57. The Kier molecular flexibility index (Phi) is 6.78. The summed E-state index contributed by atoms with van der Waals surface area (Å²) in [6.07, 6.45) is 1.12. The van der Waals surface area contributed by atoms with Crippen LogP contribution in [0.4, 0.5) is 5.69 Å². The lowest BCUT2D eigenvalue weighted by Crippen LogP contribution is -2.48. The zero-order valence-electron chi connectivity index (χ0n) is 18.4. The number of hydrogen-bond donors (Lipinski definition) is 1. The van der Waals surface area contributed by atoms with E-state index in [2.05, 4.69) is 38.2 Å². The van der Waals surface area contributed by atoms with Crippen molar-refractivity contribution in [2.45, 2.75) is 59.0 Å². The number of nitrogens with zero attached hydrogens (tertiary/aromatic N) is 1. The van der Waals surface area contributed by atoms with Gasteiger partial charge >= 0.3 is 0 Å². The lowest BCUT2D eigenvalue weighted by molar-refractivity contribution is -0.122. The van der Waals surface area contributed by atoms with Crippen LogP contribution in [0.3, 0.4) is 0 Å². The molecule has 5 nitrogen and oxygen atoms in total. The lowest BCUT2D eigenvalue weighted by Gasteiger charge is -2.29. The van der Waals surface area contributed by atoms with Gasteiger partial charge in [-0.25, -0.2) is 8.42 Å². The topological polar surface area (TPSA) is 66.5 Å². The minimum Gasteiger partial charge on any atom is -0.348 e. The smallest absolute Gasteiger partial charge is 0.244 e. The first-order chi connectivity index (χ1) is 13.3. The molecule has 2 aromatic rings. The van der Waals surface area contributed by atoms with Gasteiger partial charge in [-0.3, -0.25) is 9.10 Å². The Morgan fingerprint density at radius 1 is 1.03 bits per heavy atom. The van der Waals surface area contributed by atoms with Gasteiger partial charge in [0.1, 0.15) is 6.04 Å². The number of aryl methyl sites for hydroxylation is 1. The number of sulfonamides is 1. The summed E-state index contributed by atoms with van der Waals surface area (Å²) < 4.78 is 26.0. The predicted molar refractivity (Wildman–Crippen MR) is 120 cm³/mol. The summed E-state index contributed by atoms with van der Waals surface area (Å²) in [5.41, 5.74) is 3.66. The van der Waals surface area contributed by atoms with E-state index in [0.29, 0.717) is 5.69 Å². The number of rotatable bonds is 6. The second-order valence-corrected chi connectivity index (χ2v) is 10.5. The summed E-state index contributed by atoms with van der Waals surface area (Å²) >= 11 is 0. The van der Waals surface area contributed by atoms with Crippen LogP contribution in [-0.4, -0.2) is 26.6 Å². The average Bonchev–Trinajstić information content (AvgIpc) is 2.60. The molecule has 0 heterocycles. The van der Waals surface area contributed by atoms with Gasteiger partial charge in [0.2, 0.25) is 15.9 Å². The van der Waals surface area contributed by atoms with E-state index in [1.807, 2.05) is 32.0 Å². The van der Waals surface area contributed by atoms with Gasteiger partial charge in [-0.15, -0.1) is 0 Å². The van der Waals surface area contributed by atoms with Crippen molar-refractivity contribution < 1.29 is 13.2 Å². The number of amides is 1. The minimum absolute atomic E-state index is 0.0589. The molecule has 29 heavy (non-hydrogen) atoms. The fraction of sp³-hybridized carbons (Fsp3) is 0.435. The Balaban J connectivity index is 2.21. The van der Waals surface area contributed by atoms with E-state index >= 15 is 0 Å². The Bertz CT molecular complexity index is 960. The predicted octanol–water partition coefficient (Wildman–Crippen LogP) is 4.32. The van der Waals surface area contributed by atoms with Crippen LogP contribution in [0, 0.1) is 6.92 Å². The molecule has 0 unspecified atom stereocenters. The summed E-state index contributed by atoms with van der Waals surface area (Å²) in [5, 5.41) is 2.95. The number of carbonyl (C=O) groups excluding carboxylic acids is 1. The molecular formula is C23H32N2O3S. The van der Waals surface area contributed by atoms with Crippen LogP contribution in [0.2, 0.25) is 0 Å². The molecule has 2 rings (SSSR count). The van der Waals surface area contributed by atoms with Crippen LogP contribution >= 0.6 is 0 Å². The molecule has 0 aliphatic rings. The molecule has 1 amide bonds. The second-order valence-electron chi connectivity index (χ2n) is 8.68. The molecule has 0 aliphatic heterocycles. The maximum atomic E-state index is 12.9. The molecule has 0 spiro atoms. The largest absolute Gasteiger partial charge is 0.348 e. The Morgan fingerprint density at radius 3 is 2.10 bits per heavy atom. The van der Waals surface area contributed by atoms with Crippen molar-refractivity contribution in [1.82, 2.24) is 5.32 Å². The van der Waals surface area contributed by atoms with Gasteiger partial charge in [0.15, 0.2) is 0 Å². The van der Waals surface area contributed by atoms with Crippen molar-refractivity contribution in [2.24, 2.45) is 0 Å². The van der Waals surface area contributed by atoms with Crippen LogP contribution in [0.5, 0.6) is 0 Å². The summed E-state index contributed by atoms with van der Waals surface area (Å²) in [7, 11) is -3.63. The summed E-state index contributed by atoms with van der Waals surface area (Å²) in [6.45, 7) is 11.8. The molecule has 6 heteroatoms. The first-order valence-corrected chi connectivity index (χ1v) is 11.6. The third-order valence-corrected chi connectivity index (χ3v) is 6.22. The molecule has 0 aliphatic carbocycles. The fourth-order valence-electron chi connectivity index (χ4n) is 3.26. The van der Waals surface area contributed by atoms with E-state index in [-0.39, 0.29) is 17.4 Å². The van der Waals surface area contributed by atoms with Gasteiger partial charge in [0.05, 0.1) is 18.0 Å². The standard InChI is InChI=1S/C23H32N2O3S/c1-16-9-8-10-21(15-16)25(29(7,27)28)18(3)22(26)24-17(2)19-11-13-20(14-12-19)23(4,5)6/h8-15,17-18H,1-7H3,(H,24,26)/t17-,18+/m0/s1. The minimum atomic E-state index is -3.63. The normalized spacial score (nSPS) is 14.2. The van der Waals surface area contributed by atoms with Crippen LogP contribution in [0.15, 0.2) is 48.5 Å². The van der Waals surface area contributed by atoms with Gasteiger partial charge in [0, 0.05) is 0 Å². The van der Waals surface area contributed by atoms with Crippen molar-refractivity contribution in [3.05, 3.63) is 65.2 Å². The highest BCUT2D eigenvalue weighted by atomic mass is 32.2.